The first kappa shape index (κ1) is 21.4. The van der Waals surface area contributed by atoms with Gasteiger partial charge in [-0.2, -0.15) is 4.31 Å². The van der Waals surface area contributed by atoms with Crippen molar-refractivity contribution in [3.63, 3.8) is 0 Å². The topological polar surface area (TPSA) is 73.8 Å². The summed E-state index contributed by atoms with van der Waals surface area (Å²) in [6.07, 6.45) is 6.06. The average Bonchev–Trinajstić information content (AvgIpc) is 3.32. The van der Waals surface area contributed by atoms with Gasteiger partial charge < -0.3 is 9.80 Å². The van der Waals surface area contributed by atoms with Crippen LogP contribution < -0.4 is 4.90 Å². The predicted molar refractivity (Wildman–Crippen MR) is 123 cm³/mol. The van der Waals surface area contributed by atoms with E-state index in [2.05, 4.69) is 9.88 Å². The number of pyridine rings is 1. The van der Waals surface area contributed by atoms with Crippen molar-refractivity contribution in [2.24, 2.45) is 5.92 Å². The van der Waals surface area contributed by atoms with Crippen LogP contribution in [0.5, 0.6) is 0 Å². The first-order valence-corrected chi connectivity index (χ1v) is 13.0. The lowest BCUT2D eigenvalue weighted by molar-refractivity contribution is -0.137. The molecule has 0 saturated carbocycles. The van der Waals surface area contributed by atoms with Crippen LogP contribution in [0.2, 0.25) is 0 Å². The van der Waals surface area contributed by atoms with E-state index >= 15 is 0 Å². The summed E-state index contributed by atoms with van der Waals surface area (Å²) in [7, 11) is -3.50. The van der Waals surface area contributed by atoms with Crippen molar-refractivity contribution in [2.45, 2.75) is 37.0 Å². The summed E-state index contributed by atoms with van der Waals surface area (Å²) in [5.74, 6) is 1.02. The van der Waals surface area contributed by atoms with Gasteiger partial charge in [0.15, 0.2) is 0 Å². The summed E-state index contributed by atoms with van der Waals surface area (Å²) in [5.41, 5.74) is 2.44. The highest BCUT2D eigenvalue weighted by Crippen LogP contribution is 2.29. The molecule has 2 aliphatic heterocycles. The molecule has 1 amide bonds. The fraction of sp³-hybridized carbons (Fsp3) is 0.500. The highest BCUT2D eigenvalue weighted by atomic mass is 32.2. The Morgan fingerprint density at radius 1 is 0.906 bits per heavy atom. The van der Waals surface area contributed by atoms with Gasteiger partial charge in [0.25, 0.3) is 0 Å². The number of hydrogen-bond donors (Lipinski definition) is 0. The third-order valence-corrected chi connectivity index (χ3v) is 8.97. The number of anilines is 1. The summed E-state index contributed by atoms with van der Waals surface area (Å²) < 4.78 is 27.9. The molecule has 5 rings (SSSR count). The van der Waals surface area contributed by atoms with E-state index in [-0.39, 0.29) is 11.8 Å². The van der Waals surface area contributed by atoms with Crippen LogP contribution >= 0.6 is 0 Å². The van der Waals surface area contributed by atoms with Crippen molar-refractivity contribution in [3.05, 3.63) is 53.7 Å². The van der Waals surface area contributed by atoms with Crippen LogP contribution in [0, 0.1) is 5.92 Å². The number of benzene rings is 1. The summed E-state index contributed by atoms with van der Waals surface area (Å²) in [4.78, 5) is 22.0. The van der Waals surface area contributed by atoms with Crippen LogP contribution in [0.1, 0.15) is 30.4 Å². The molecule has 0 unspecified atom stereocenters. The summed E-state index contributed by atoms with van der Waals surface area (Å²) >= 11 is 0. The number of nitrogens with zero attached hydrogens (tertiary/aromatic N) is 4. The van der Waals surface area contributed by atoms with Gasteiger partial charge in [-0.15, -0.1) is 0 Å². The van der Waals surface area contributed by atoms with E-state index in [1.807, 2.05) is 35.2 Å². The Morgan fingerprint density at radius 2 is 1.66 bits per heavy atom. The van der Waals surface area contributed by atoms with Crippen LogP contribution in [-0.2, 0) is 27.7 Å². The number of aromatic nitrogens is 1. The average molecular weight is 455 g/mol. The number of aryl methyl sites for hydroxylation is 2. The lowest BCUT2D eigenvalue weighted by atomic mass is 9.96. The molecule has 2 saturated heterocycles. The molecule has 8 heteroatoms. The first-order chi connectivity index (χ1) is 15.5. The summed E-state index contributed by atoms with van der Waals surface area (Å²) in [6.45, 7) is 3.72. The molecular weight excluding hydrogens is 424 g/mol. The second kappa shape index (κ2) is 8.83. The van der Waals surface area contributed by atoms with Crippen LogP contribution in [0.25, 0.3) is 0 Å². The van der Waals surface area contributed by atoms with E-state index in [9.17, 15) is 13.2 Å². The molecule has 2 fully saturated rings. The number of piperidine rings is 1. The Morgan fingerprint density at radius 3 is 2.38 bits per heavy atom. The van der Waals surface area contributed by atoms with Gasteiger partial charge in [-0.05, 0) is 67.5 Å². The van der Waals surface area contributed by atoms with E-state index in [1.165, 1.54) is 11.1 Å². The predicted octanol–water partition coefficient (Wildman–Crippen LogP) is 2.32. The monoisotopic (exact) mass is 454 g/mol. The summed E-state index contributed by atoms with van der Waals surface area (Å²) in [6, 6.07) is 11.4. The molecule has 2 aromatic rings. The molecule has 0 spiro atoms. The van der Waals surface area contributed by atoms with E-state index in [0.29, 0.717) is 43.9 Å². The molecule has 7 nitrogen and oxygen atoms in total. The molecule has 3 heterocycles. The van der Waals surface area contributed by atoms with E-state index < -0.39 is 10.0 Å². The quantitative estimate of drug-likeness (QED) is 0.709. The fourth-order valence-corrected chi connectivity index (χ4v) is 6.68. The van der Waals surface area contributed by atoms with Crippen molar-refractivity contribution in [1.29, 1.82) is 0 Å². The standard InChI is InChI=1S/C24H30N4O3S/c29-24(27-16-14-26(15-17-27)23-6-1-2-11-25-23)20-9-12-28(13-10-20)32(30,31)22-8-7-19-4-3-5-21(19)18-22/h1-2,6-8,11,18,20H,3-5,9-10,12-17H2. The molecule has 32 heavy (non-hydrogen) atoms. The number of rotatable bonds is 4. The molecule has 1 aliphatic carbocycles. The van der Waals surface area contributed by atoms with Gasteiger partial charge in [0.05, 0.1) is 4.90 Å². The van der Waals surface area contributed by atoms with Gasteiger partial charge >= 0.3 is 0 Å². The first-order valence-electron chi connectivity index (χ1n) is 11.6. The maximum atomic E-state index is 13.2. The third kappa shape index (κ3) is 4.13. The zero-order chi connectivity index (χ0) is 22.1. The van der Waals surface area contributed by atoms with Crippen LogP contribution in [0.15, 0.2) is 47.5 Å². The second-order valence-corrected chi connectivity index (χ2v) is 10.9. The van der Waals surface area contributed by atoms with Crippen molar-refractivity contribution < 1.29 is 13.2 Å². The highest BCUT2D eigenvalue weighted by molar-refractivity contribution is 7.89. The second-order valence-electron chi connectivity index (χ2n) is 8.96. The number of piperazine rings is 1. The Kier molecular flexibility index (Phi) is 5.90. The van der Waals surface area contributed by atoms with Crippen molar-refractivity contribution in [3.8, 4) is 0 Å². The van der Waals surface area contributed by atoms with Crippen molar-refractivity contribution in [1.82, 2.24) is 14.2 Å². The molecule has 170 valence electrons. The maximum absolute atomic E-state index is 13.2. The number of carbonyl (C=O) groups is 1. The zero-order valence-corrected chi connectivity index (χ0v) is 19.1. The largest absolute Gasteiger partial charge is 0.353 e. The van der Waals surface area contributed by atoms with Gasteiger partial charge in [-0.1, -0.05) is 12.1 Å². The molecule has 3 aliphatic rings. The van der Waals surface area contributed by atoms with E-state index in [0.717, 1.165) is 38.2 Å². The third-order valence-electron chi connectivity index (χ3n) is 7.08. The van der Waals surface area contributed by atoms with Gasteiger partial charge in [0.1, 0.15) is 5.82 Å². The highest BCUT2D eigenvalue weighted by Gasteiger charge is 2.35. The minimum atomic E-state index is -3.50. The number of sulfonamides is 1. The minimum Gasteiger partial charge on any atom is -0.353 e. The molecule has 1 aromatic heterocycles. The number of hydrogen-bond acceptors (Lipinski definition) is 5. The maximum Gasteiger partial charge on any atom is 0.243 e. The van der Waals surface area contributed by atoms with Gasteiger partial charge in [-0.25, -0.2) is 13.4 Å². The zero-order valence-electron chi connectivity index (χ0n) is 18.3. The van der Waals surface area contributed by atoms with E-state index in [4.69, 9.17) is 0 Å². The van der Waals surface area contributed by atoms with Crippen molar-refractivity contribution in [2.75, 3.05) is 44.2 Å². The SMILES string of the molecule is O=C(C1CCN(S(=O)(=O)c2ccc3c(c2)CCC3)CC1)N1CCN(c2ccccn2)CC1. The Hall–Kier alpha value is -2.45. The van der Waals surface area contributed by atoms with E-state index in [1.54, 1.807) is 16.6 Å². The van der Waals surface area contributed by atoms with Crippen LogP contribution in [-0.4, -0.2) is 67.8 Å². The lowest BCUT2D eigenvalue weighted by Crippen LogP contribution is -2.52. The molecule has 0 N–H and O–H groups in total. The number of fused-ring (bicyclic) bond motifs is 1. The minimum absolute atomic E-state index is 0.0946. The molecule has 0 bridgehead atoms. The fourth-order valence-electron chi connectivity index (χ4n) is 5.16. The number of amides is 1. The number of carbonyl (C=O) groups excluding carboxylic acids is 1. The van der Waals surface area contributed by atoms with Crippen LogP contribution in [0.4, 0.5) is 5.82 Å². The Balaban J connectivity index is 1.16. The molecule has 0 radical (unpaired) electrons. The van der Waals surface area contributed by atoms with Crippen molar-refractivity contribution >= 4 is 21.7 Å². The Bertz CT molecular complexity index is 1070. The van der Waals surface area contributed by atoms with Gasteiger partial charge in [-0.3, -0.25) is 4.79 Å². The normalized spacial score (nSPS) is 20.4. The Labute approximate surface area is 190 Å². The summed E-state index contributed by atoms with van der Waals surface area (Å²) in [5, 5.41) is 0. The molecule has 0 atom stereocenters. The molecule has 1 aromatic carbocycles. The van der Waals surface area contributed by atoms with Gasteiger partial charge in [0, 0.05) is 51.4 Å². The van der Waals surface area contributed by atoms with Crippen LogP contribution in [0.3, 0.4) is 0 Å². The molecular formula is C24H30N4O3S. The smallest absolute Gasteiger partial charge is 0.243 e. The van der Waals surface area contributed by atoms with Gasteiger partial charge in [0.2, 0.25) is 15.9 Å². The lowest BCUT2D eigenvalue weighted by Gasteiger charge is -2.38.